The number of rotatable bonds is 5. The zero-order valence-corrected chi connectivity index (χ0v) is 16.4. The number of hydrogen-bond donors (Lipinski definition) is 1. The molecule has 0 saturated carbocycles. The molecule has 0 saturated heterocycles. The van der Waals surface area contributed by atoms with Gasteiger partial charge < -0.3 is 19.5 Å². The van der Waals surface area contributed by atoms with Crippen molar-refractivity contribution in [3.8, 4) is 28.4 Å². The van der Waals surface area contributed by atoms with Crippen molar-refractivity contribution in [2.24, 2.45) is 0 Å². The summed E-state index contributed by atoms with van der Waals surface area (Å²) in [6.07, 6.45) is 2.93. The van der Waals surface area contributed by atoms with Crippen LogP contribution in [0.25, 0.3) is 21.9 Å². The van der Waals surface area contributed by atoms with Gasteiger partial charge in [-0.15, -0.1) is 0 Å². The molecule has 1 amide bonds. The van der Waals surface area contributed by atoms with E-state index in [1.807, 2.05) is 30.3 Å². The van der Waals surface area contributed by atoms with E-state index >= 15 is 0 Å². The number of amides is 1. The Morgan fingerprint density at radius 3 is 2.79 bits per heavy atom. The standard InChI is InChI=1S/C24H23NO4/c1-2-3-12-27-17-7-4-15(5-8-17)21-18-10-11-25-24(26)19(18)13-16-6-9-20-23(22(16)21)29-14-28-20/h4-9,13H,2-3,10-12,14H2,1H3,(H,25,26). The van der Waals surface area contributed by atoms with Crippen molar-refractivity contribution in [2.75, 3.05) is 19.9 Å². The van der Waals surface area contributed by atoms with Crippen LogP contribution in [0.3, 0.4) is 0 Å². The first-order chi connectivity index (χ1) is 14.3. The normalized spacial score (nSPS) is 14.6. The number of nitrogens with one attached hydrogen (secondary N) is 1. The van der Waals surface area contributed by atoms with E-state index in [4.69, 9.17) is 14.2 Å². The van der Waals surface area contributed by atoms with Crippen molar-refractivity contribution >= 4 is 16.7 Å². The summed E-state index contributed by atoms with van der Waals surface area (Å²) in [5, 5.41) is 4.94. The van der Waals surface area contributed by atoms with E-state index in [2.05, 4.69) is 24.4 Å². The molecule has 0 bridgehead atoms. The molecule has 3 aromatic carbocycles. The Morgan fingerprint density at radius 2 is 1.97 bits per heavy atom. The van der Waals surface area contributed by atoms with Gasteiger partial charge in [-0.2, -0.15) is 0 Å². The number of fused-ring (bicyclic) bond motifs is 4. The van der Waals surface area contributed by atoms with Crippen LogP contribution in [-0.4, -0.2) is 25.9 Å². The van der Waals surface area contributed by atoms with Crippen LogP contribution in [-0.2, 0) is 6.42 Å². The zero-order chi connectivity index (χ0) is 19.8. The molecule has 0 fully saturated rings. The minimum Gasteiger partial charge on any atom is -0.494 e. The van der Waals surface area contributed by atoms with Gasteiger partial charge in [-0.3, -0.25) is 4.79 Å². The Hall–Kier alpha value is -3.21. The molecule has 5 heteroatoms. The molecule has 0 aromatic heterocycles. The van der Waals surface area contributed by atoms with Crippen LogP contribution >= 0.6 is 0 Å². The Labute approximate surface area is 169 Å². The van der Waals surface area contributed by atoms with Crippen LogP contribution in [0.15, 0.2) is 42.5 Å². The van der Waals surface area contributed by atoms with Crippen LogP contribution in [0.5, 0.6) is 17.2 Å². The summed E-state index contributed by atoms with van der Waals surface area (Å²) in [4.78, 5) is 12.6. The molecule has 1 N–H and O–H groups in total. The summed E-state index contributed by atoms with van der Waals surface area (Å²) in [6, 6.07) is 14.0. The maximum absolute atomic E-state index is 12.6. The van der Waals surface area contributed by atoms with Gasteiger partial charge in [0.05, 0.1) is 6.61 Å². The molecule has 2 aliphatic heterocycles. The number of carbonyl (C=O) groups excluding carboxylic acids is 1. The molecule has 3 aromatic rings. The third kappa shape index (κ3) is 3.07. The van der Waals surface area contributed by atoms with Gasteiger partial charge in [0.2, 0.25) is 6.79 Å². The lowest BCUT2D eigenvalue weighted by Crippen LogP contribution is -2.32. The lowest BCUT2D eigenvalue weighted by molar-refractivity contribution is 0.0946. The molecule has 0 unspecified atom stereocenters. The Morgan fingerprint density at radius 1 is 1.10 bits per heavy atom. The molecule has 5 nitrogen and oxygen atoms in total. The average molecular weight is 389 g/mol. The van der Waals surface area contributed by atoms with Gasteiger partial charge in [0.25, 0.3) is 5.91 Å². The van der Waals surface area contributed by atoms with E-state index in [1.165, 1.54) is 0 Å². The molecular weight excluding hydrogens is 366 g/mol. The largest absolute Gasteiger partial charge is 0.494 e. The van der Waals surface area contributed by atoms with E-state index < -0.39 is 0 Å². The van der Waals surface area contributed by atoms with E-state index in [1.54, 1.807) is 0 Å². The van der Waals surface area contributed by atoms with Gasteiger partial charge in [0, 0.05) is 17.5 Å². The highest BCUT2D eigenvalue weighted by atomic mass is 16.7. The number of ether oxygens (including phenoxy) is 3. The summed E-state index contributed by atoms with van der Waals surface area (Å²) >= 11 is 0. The van der Waals surface area contributed by atoms with Crippen molar-refractivity contribution in [2.45, 2.75) is 26.2 Å². The Balaban J connectivity index is 1.69. The van der Waals surface area contributed by atoms with Crippen molar-refractivity contribution in [3.63, 3.8) is 0 Å². The van der Waals surface area contributed by atoms with Crippen molar-refractivity contribution in [1.29, 1.82) is 0 Å². The number of benzene rings is 3. The summed E-state index contributed by atoms with van der Waals surface area (Å²) in [7, 11) is 0. The SMILES string of the molecule is CCCCOc1ccc(-c2c3c(cc4ccc5c(c24)OCO5)C(=O)NCC3)cc1. The molecule has 0 radical (unpaired) electrons. The predicted octanol–water partition coefficient (Wildman–Crippen LogP) is 4.70. The quantitative estimate of drug-likeness (QED) is 0.643. The zero-order valence-electron chi connectivity index (χ0n) is 16.4. The highest BCUT2D eigenvalue weighted by molar-refractivity contribution is 6.10. The number of hydrogen-bond acceptors (Lipinski definition) is 4. The first-order valence-corrected chi connectivity index (χ1v) is 10.2. The summed E-state index contributed by atoms with van der Waals surface area (Å²) < 4.78 is 17.3. The van der Waals surface area contributed by atoms with Crippen LogP contribution in [0.2, 0.25) is 0 Å². The van der Waals surface area contributed by atoms with Crippen LogP contribution < -0.4 is 19.5 Å². The number of carbonyl (C=O) groups is 1. The van der Waals surface area contributed by atoms with Gasteiger partial charge in [0.15, 0.2) is 11.5 Å². The van der Waals surface area contributed by atoms with E-state index in [0.717, 1.165) is 76.1 Å². The molecule has 0 atom stereocenters. The maximum Gasteiger partial charge on any atom is 0.251 e. The molecule has 2 aliphatic rings. The van der Waals surface area contributed by atoms with E-state index in [9.17, 15) is 4.79 Å². The van der Waals surface area contributed by atoms with Gasteiger partial charge in [-0.05, 0) is 59.2 Å². The van der Waals surface area contributed by atoms with Crippen LogP contribution in [0.4, 0.5) is 0 Å². The Kier molecular flexibility index (Phi) is 4.51. The fraction of sp³-hybridized carbons (Fsp3) is 0.292. The smallest absolute Gasteiger partial charge is 0.251 e. The topological polar surface area (TPSA) is 56.8 Å². The van der Waals surface area contributed by atoms with Crippen LogP contribution in [0.1, 0.15) is 35.7 Å². The molecule has 2 heterocycles. The monoisotopic (exact) mass is 389 g/mol. The molecule has 0 aliphatic carbocycles. The lowest BCUT2D eigenvalue weighted by Gasteiger charge is -2.23. The second kappa shape index (κ2) is 7.32. The van der Waals surface area contributed by atoms with Crippen molar-refractivity contribution < 1.29 is 19.0 Å². The highest BCUT2D eigenvalue weighted by Crippen LogP contribution is 2.46. The second-order valence-corrected chi connectivity index (χ2v) is 7.41. The molecule has 0 spiro atoms. The fourth-order valence-electron chi connectivity index (χ4n) is 4.12. The van der Waals surface area contributed by atoms with Gasteiger partial charge in [-0.25, -0.2) is 0 Å². The second-order valence-electron chi connectivity index (χ2n) is 7.41. The fourth-order valence-corrected chi connectivity index (χ4v) is 4.12. The van der Waals surface area contributed by atoms with Crippen molar-refractivity contribution in [3.05, 3.63) is 53.6 Å². The van der Waals surface area contributed by atoms with Crippen LogP contribution in [0, 0.1) is 0 Å². The molecule has 29 heavy (non-hydrogen) atoms. The summed E-state index contributed by atoms with van der Waals surface area (Å²) in [5.74, 6) is 2.35. The highest BCUT2D eigenvalue weighted by Gasteiger charge is 2.27. The third-order valence-corrected chi connectivity index (χ3v) is 5.56. The first-order valence-electron chi connectivity index (χ1n) is 10.2. The minimum absolute atomic E-state index is 0.0217. The maximum atomic E-state index is 12.6. The number of unbranched alkanes of at least 4 members (excludes halogenated alkanes) is 1. The predicted molar refractivity (Wildman–Crippen MR) is 112 cm³/mol. The van der Waals surface area contributed by atoms with E-state index in [0.29, 0.717) is 6.54 Å². The lowest BCUT2D eigenvalue weighted by atomic mass is 9.86. The van der Waals surface area contributed by atoms with Gasteiger partial charge in [0.1, 0.15) is 5.75 Å². The van der Waals surface area contributed by atoms with Gasteiger partial charge in [-0.1, -0.05) is 31.5 Å². The third-order valence-electron chi connectivity index (χ3n) is 5.56. The average Bonchev–Trinajstić information content (AvgIpc) is 3.23. The molecule has 148 valence electrons. The van der Waals surface area contributed by atoms with E-state index in [-0.39, 0.29) is 12.7 Å². The summed E-state index contributed by atoms with van der Waals surface area (Å²) in [6.45, 7) is 3.72. The first kappa shape index (κ1) is 17.9. The minimum atomic E-state index is -0.0217. The van der Waals surface area contributed by atoms with Gasteiger partial charge >= 0.3 is 0 Å². The Bertz CT molecular complexity index is 1090. The van der Waals surface area contributed by atoms with Crippen molar-refractivity contribution in [1.82, 2.24) is 5.32 Å². The molecule has 5 rings (SSSR count). The molecular formula is C24H23NO4. The summed E-state index contributed by atoms with van der Waals surface area (Å²) in [5.41, 5.74) is 3.90.